The molecule has 5 nitrogen and oxygen atoms in total. The van der Waals surface area contributed by atoms with E-state index in [0.29, 0.717) is 15.4 Å². The predicted molar refractivity (Wildman–Crippen MR) is 92.7 cm³/mol. The fraction of sp³-hybridized carbons (Fsp3) is 0.214. The van der Waals surface area contributed by atoms with Gasteiger partial charge in [-0.05, 0) is 18.4 Å². The van der Waals surface area contributed by atoms with Crippen LogP contribution in [0.25, 0.3) is 20.7 Å². The third kappa shape index (κ3) is 2.57. The molecule has 3 aromatic heterocycles. The zero-order valence-corrected chi connectivity index (χ0v) is 14.3. The molecule has 2 N–H and O–H groups in total. The zero-order valence-electron chi connectivity index (χ0n) is 11.9. The number of nitrogens with zero attached hydrogens (tertiary/aromatic N) is 2. The Labute approximate surface area is 138 Å². The van der Waals surface area contributed by atoms with Crippen LogP contribution in [-0.2, 0) is 11.8 Å². The maximum absolute atomic E-state index is 12.7. The van der Waals surface area contributed by atoms with Crippen molar-refractivity contribution >= 4 is 50.6 Å². The van der Waals surface area contributed by atoms with Gasteiger partial charge in [0, 0.05) is 22.9 Å². The summed E-state index contributed by atoms with van der Waals surface area (Å²) in [6, 6.07) is 3.95. The van der Waals surface area contributed by atoms with Crippen molar-refractivity contribution < 1.29 is 4.79 Å². The molecule has 0 aliphatic carbocycles. The Morgan fingerprint density at radius 2 is 2.23 bits per heavy atom. The molecule has 22 heavy (non-hydrogen) atoms. The number of carbonyl (C=O) groups excluding carboxylic acids is 1. The van der Waals surface area contributed by atoms with Crippen molar-refractivity contribution in [1.82, 2.24) is 9.55 Å². The lowest BCUT2D eigenvalue weighted by atomic mass is 10.2. The van der Waals surface area contributed by atoms with Crippen LogP contribution in [0.3, 0.4) is 0 Å². The van der Waals surface area contributed by atoms with Crippen molar-refractivity contribution in [3.63, 3.8) is 0 Å². The number of carbonyl (C=O) groups is 1. The van der Waals surface area contributed by atoms with Crippen LogP contribution in [0.5, 0.6) is 0 Å². The highest BCUT2D eigenvalue weighted by Crippen LogP contribution is 2.34. The van der Waals surface area contributed by atoms with Crippen molar-refractivity contribution in [2.75, 3.05) is 0 Å². The van der Waals surface area contributed by atoms with Gasteiger partial charge in [0.2, 0.25) is 5.91 Å². The molecule has 0 aromatic carbocycles. The number of thiophene rings is 2. The number of aromatic nitrogens is 2. The lowest BCUT2D eigenvalue weighted by Gasteiger charge is -2.10. The lowest BCUT2D eigenvalue weighted by Crippen LogP contribution is -2.25. The molecule has 0 saturated heterocycles. The molecule has 0 spiro atoms. The maximum atomic E-state index is 12.7. The summed E-state index contributed by atoms with van der Waals surface area (Å²) in [5, 5.41) is 4.63. The summed E-state index contributed by atoms with van der Waals surface area (Å²) in [7, 11) is 1.67. The van der Waals surface area contributed by atoms with Crippen LogP contribution in [0.2, 0.25) is 0 Å². The molecule has 1 atom stereocenters. The van der Waals surface area contributed by atoms with Gasteiger partial charge in [0.05, 0.1) is 10.6 Å². The maximum Gasteiger partial charge on any atom is 0.263 e. The number of fused-ring (bicyclic) bond motifs is 1. The van der Waals surface area contributed by atoms with Gasteiger partial charge in [0.15, 0.2) is 5.16 Å². The third-order valence-corrected chi connectivity index (χ3v) is 6.18. The van der Waals surface area contributed by atoms with E-state index in [0.717, 1.165) is 10.4 Å². The molecule has 8 heteroatoms. The van der Waals surface area contributed by atoms with E-state index in [1.165, 1.54) is 27.7 Å². The molecule has 0 aliphatic heterocycles. The Kier molecular flexibility index (Phi) is 4.07. The molecule has 1 unspecified atom stereocenters. The lowest BCUT2D eigenvalue weighted by molar-refractivity contribution is -0.117. The topological polar surface area (TPSA) is 78.0 Å². The number of primary amides is 1. The van der Waals surface area contributed by atoms with Gasteiger partial charge < -0.3 is 5.73 Å². The standard InChI is InChI=1S/C14H13N3O2S3/c1-7(11(15)18)22-14-16-12-10(13(19)17(14)2)8(6-21-12)9-4-3-5-20-9/h3-7H,1-2H3,(H2,15,18). The van der Waals surface area contributed by atoms with E-state index in [-0.39, 0.29) is 5.56 Å². The Hall–Kier alpha value is -1.64. The Morgan fingerprint density at radius 3 is 2.86 bits per heavy atom. The number of hydrogen-bond donors (Lipinski definition) is 1. The first-order valence-electron chi connectivity index (χ1n) is 6.47. The summed E-state index contributed by atoms with van der Waals surface area (Å²) in [6.45, 7) is 1.70. The first-order chi connectivity index (χ1) is 10.5. The molecule has 3 heterocycles. The highest BCUT2D eigenvalue weighted by atomic mass is 32.2. The fourth-order valence-corrected chi connectivity index (χ4v) is 4.62. The van der Waals surface area contributed by atoms with E-state index < -0.39 is 11.2 Å². The SMILES string of the molecule is CC(Sc1nc2scc(-c3cccs3)c2c(=O)n1C)C(N)=O. The van der Waals surface area contributed by atoms with Crippen LogP contribution in [0.4, 0.5) is 0 Å². The van der Waals surface area contributed by atoms with Gasteiger partial charge in [0.1, 0.15) is 4.83 Å². The molecule has 114 valence electrons. The van der Waals surface area contributed by atoms with Gasteiger partial charge in [-0.3, -0.25) is 14.2 Å². The average Bonchev–Trinajstić information content (AvgIpc) is 3.12. The molecular weight excluding hydrogens is 338 g/mol. The number of rotatable bonds is 4. The zero-order chi connectivity index (χ0) is 15.9. The largest absolute Gasteiger partial charge is 0.369 e. The Bertz CT molecular complexity index is 896. The van der Waals surface area contributed by atoms with Gasteiger partial charge >= 0.3 is 0 Å². The minimum atomic E-state index is -0.438. The Balaban J connectivity index is 2.15. The number of thioether (sulfide) groups is 1. The molecular formula is C14H13N3O2S3. The molecule has 0 saturated carbocycles. The summed E-state index contributed by atoms with van der Waals surface area (Å²) in [5.74, 6) is -0.426. The highest BCUT2D eigenvalue weighted by Gasteiger charge is 2.19. The molecule has 3 aromatic rings. The second-order valence-corrected chi connectivity index (χ2v) is 7.84. The molecule has 1 amide bonds. The second-order valence-electron chi connectivity index (χ2n) is 4.73. The summed E-state index contributed by atoms with van der Waals surface area (Å²) in [4.78, 5) is 30.2. The minimum absolute atomic E-state index is 0.103. The third-order valence-electron chi connectivity index (χ3n) is 3.24. The van der Waals surface area contributed by atoms with Crippen LogP contribution in [0.1, 0.15) is 6.92 Å². The molecule has 0 radical (unpaired) electrons. The summed E-state index contributed by atoms with van der Waals surface area (Å²) in [5.41, 5.74) is 6.10. The molecule has 0 bridgehead atoms. The number of nitrogens with two attached hydrogens (primary N) is 1. The van der Waals surface area contributed by atoms with Crippen LogP contribution in [0.15, 0.2) is 32.8 Å². The number of hydrogen-bond acceptors (Lipinski definition) is 6. The van der Waals surface area contributed by atoms with E-state index in [1.807, 2.05) is 22.9 Å². The molecule has 0 fully saturated rings. The van der Waals surface area contributed by atoms with Crippen molar-refractivity contribution in [2.24, 2.45) is 12.8 Å². The van der Waals surface area contributed by atoms with Gasteiger partial charge in [0.25, 0.3) is 5.56 Å². The normalized spacial score (nSPS) is 12.6. The van der Waals surface area contributed by atoms with Crippen LogP contribution in [-0.4, -0.2) is 20.7 Å². The highest BCUT2D eigenvalue weighted by molar-refractivity contribution is 8.00. The van der Waals surface area contributed by atoms with Crippen molar-refractivity contribution in [2.45, 2.75) is 17.3 Å². The van der Waals surface area contributed by atoms with Gasteiger partial charge in [-0.25, -0.2) is 4.98 Å². The smallest absolute Gasteiger partial charge is 0.263 e. The van der Waals surface area contributed by atoms with E-state index in [2.05, 4.69) is 4.98 Å². The Morgan fingerprint density at radius 1 is 1.45 bits per heavy atom. The number of amides is 1. The van der Waals surface area contributed by atoms with Crippen LogP contribution < -0.4 is 11.3 Å². The summed E-state index contributed by atoms with van der Waals surface area (Å²) >= 11 is 4.23. The van der Waals surface area contributed by atoms with E-state index in [4.69, 9.17) is 5.73 Å². The van der Waals surface area contributed by atoms with E-state index in [9.17, 15) is 9.59 Å². The molecule has 3 rings (SSSR count). The van der Waals surface area contributed by atoms with E-state index in [1.54, 1.807) is 25.3 Å². The van der Waals surface area contributed by atoms with Gasteiger partial charge in [-0.2, -0.15) is 0 Å². The quantitative estimate of drug-likeness (QED) is 0.579. The molecule has 0 aliphatic rings. The first kappa shape index (κ1) is 15.3. The predicted octanol–water partition coefficient (Wildman–Crippen LogP) is 2.69. The first-order valence-corrected chi connectivity index (χ1v) is 9.11. The van der Waals surface area contributed by atoms with Crippen molar-refractivity contribution in [3.8, 4) is 10.4 Å². The van der Waals surface area contributed by atoms with Crippen molar-refractivity contribution in [1.29, 1.82) is 0 Å². The average molecular weight is 351 g/mol. The monoisotopic (exact) mass is 351 g/mol. The van der Waals surface area contributed by atoms with Crippen LogP contribution in [0, 0.1) is 0 Å². The van der Waals surface area contributed by atoms with Gasteiger partial charge in [-0.15, -0.1) is 22.7 Å². The fourth-order valence-electron chi connectivity index (χ4n) is 1.99. The van der Waals surface area contributed by atoms with Gasteiger partial charge in [-0.1, -0.05) is 17.8 Å². The van der Waals surface area contributed by atoms with Crippen molar-refractivity contribution in [3.05, 3.63) is 33.2 Å². The van der Waals surface area contributed by atoms with E-state index >= 15 is 0 Å². The summed E-state index contributed by atoms with van der Waals surface area (Å²) < 4.78 is 1.48. The second kappa shape index (κ2) is 5.86. The summed E-state index contributed by atoms with van der Waals surface area (Å²) in [6.07, 6.45) is 0. The van der Waals surface area contributed by atoms with Crippen LogP contribution >= 0.6 is 34.4 Å². The minimum Gasteiger partial charge on any atom is -0.369 e.